The van der Waals surface area contributed by atoms with Crippen LogP contribution >= 0.6 is 0 Å². The van der Waals surface area contributed by atoms with Crippen LogP contribution in [0.2, 0.25) is 0 Å². The third-order valence-electron chi connectivity index (χ3n) is 6.40. The first kappa shape index (κ1) is 21.8. The van der Waals surface area contributed by atoms with Gasteiger partial charge in [-0.1, -0.05) is 45.0 Å². The van der Waals surface area contributed by atoms with Crippen LogP contribution < -0.4 is 5.32 Å². The molecule has 4 rings (SSSR count). The van der Waals surface area contributed by atoms with Gasteiger partial charge in [0.15, 0.2) is 0 Å². The summed E-state index contributed by atoms with van der Waals surface area (Å²) in [6.07, 6.45) is 4.39. The molecule has 0 atom stereocenters. The molecule has 2 fully saturated rings. The van der Waals surface area contributed by atoms with Gasteiger partial charge < -0.3 is 14.4 Å². The topological polar surface area (TPSA) is 68.6 Å². The van der Waals surface area contributed by atoms with Crippen molar-refractivity contribution in [3.05, 3.63) is 47.7 Å². The van der Waals surface area contributed by atoms with Crippen LogP contribution in [-0.2, 0) is 21.4 Å². The lowest BCUT2D eigenvalue weighted by Gasteiger charge is -2.35. The van der Waals surface area contributed by atoms with Crippen LogP contribution in [0, 0.1) is 0 Å². The molecule has 1 aromatic carbocycles. The Hall–Kier alpha value is -2.38. The van der Waals surface area contributed by atoms with Crippen molar-refractivity contribution in [1.82, 2.24) is 14.7 Å². The van der Waals surface area contributed by atoms with Gasteiger partial charge in [-0.2, -0.15) is 5.10 Å². The number of hydrogen-bond acceptors (Lipinski definition) is 4. The quantitative estimate of drug-likeness (QED) is 0.805. The second-order valence-corrected chi connectivity index (χ2v) is 9.63. The number of ether oxygens (including phenoxy) is 2. The minimum Gasteiger partial charge on any atom is -0.381 e. The molecule has 1 aromatic heterocycles. The van der Waals surface area contributed by atoms with E-state index in [1.807, 2.05) is 15.6 Å². The van der Waals surface area contributed by atoms with Crippen molar-refractivity contribution in [2.75, 3.05) is 38.2 Å². The van der Waals surface area contributed by atoms with E-state index in [1.165, 1.54) is 5.56 Å². The summed E-state index contributed by atoms with van der Waals surface area (Å²) < 4.78 is 13.5. The Morgan fingerprint density at radius 2 is 1.81 bits per heavy atom. The number of aromatic nitrogens is 2. The predicted molar refractivity (Wildman–Crippen MR) is 120 cm³/mol. The molecule has 7 nitrogen and oxygen atoms in total. The highest BCUT2D eigenvalue weighted by molar-refractivity contribution is 5.88. The number of urea groups is 1. The number of amides is 2. The maximum Gasteiger partial charge on any atom is 0.323 e. The maximum absolute atomic E-state index is 12.9. The molecule has 0 radical (unpaired) electrons. The fourth-order valence-electron chi connectivity index (χ4n) is 4.27. The smallest absolute Gasteiger partial charge is 0.323 e. The zero-order valence-corrected chi connectivity index (χ0v) is 18.9. The SMILES string of the molecule is CC(C)(C)c1ccc(Cn2nccc2NC(=O)N2CCOC3(CCOCC3)CC2)cc1. The fraction of sp³-hybridized carbons (Fsp3) is 0.583. The number of nitrogens with one attached hydrogen (secondary N) is 1. The first-order chi connectivity index (χ1) is 14.8. The van der Waals surface area contributed by atoms with Crippen molar-refractivity contribution in [2.24, 2.45) is 0 Å². The summed E-state index contributed by atoms with van der Waals surface area (Å²) in [5.74, 6) is 0.704. The molecule has 2 aliphatic rings. The van der Waals surface area contributed by atoms with Gasteiger partial charge in [0, 0.05) is 32.4 Å². The highest BCUT2D eigenvalue weighted by Crippen LogP contribution is 2.31. The van der Waals surface area contributed by atoms with Crippen LogP contribution in [0.15, 0.2) is 36.5 Å². The molecular weight excluding hydrogens is 392 g/mol. The van der Waals surface area contributed by atoms with Gasteiger partial charge in [0.25, 0.3) is 0 Å². The first-order valence-corrected chi connectivity index (χ1v) is 11.2. The first-order valence-electron chi connectivity index (χ1n) is 11.2. The van der Waals surface area contributed by atoms with E-state index in [0.717, 1.165) is 38.0 Å². The van der Waals surface area contributed by atoms with Gasteiger partial charge in [0.2, 0.25) is 0 Å². The number of carbonyl (C=O) groups excluding carboxylic acids is 1. The molecule has 2 amide bonds. The van der Waals surface area contributed by atoms with Gasteiger partial charge >= 0.3 is 6.03 Å². The summed E-state index contributed by atoms with van der Waals surface area (Å²) in [6, 6.07) is 10.3. The summed E-state index contributed by atoms with van der Waals surface area (Å²) in [5.41, 5.74) is 2.45. The van der Waals surface area contributed by atoms with Crippen LogP contribution in [0.25, 0.3) is 0 Å². The Bertz CT molecular complexity index is 879. The van der Waals surface area contributed by atoms with E-state index < -0.39 is 0 Å². The molecule has 2 aliphatic heterocycles. The normalized spacial score (nSPS) is 19.3. The van der Waals surface area contributed by atoms with E-state index in [9.17, 15) is 4.79 Å². The summed E-state index contributed by atoms with van der Waals surface area (Å²) in [4.78, 5) is 14.8. The third kappa shape index (κ3) is 5.28. The monoisotopic (exact) mass is 426 g/mol. The van der Waals surface area contributed by atoms with Crippen molar-refractivity contribution in [3.8, 4) is 0 Å². The zero-order chi connectivity index (χ0) is 21.9. The summed E-state index contributed by atoms with van der Waals surface area (Å²) in [7, 11) is 0. The minimum atomic E-state index is -0.131. The predicted octanol–water partition coefficient (Wildman–Crippen LogP) is 4.03. The molecule has 0 aliphatic carbocycles. The lowest BCUT2D eigenvalue weighted by molar-refractivity contribution is -0.105. The molecule has 7 heteroatoms. The lowest BCUT2D eigenvalue weighted by Crippen LogP contribution is -2.40. The maximum atomic E-state index is 12.9. The van der Waals surface area contributed by atoms with Crippen LogP contribution in [0.3, 0.4) is 0 Å². The number of nitrogens with zero attached hydrogens (tertiary/aromatic N) is 3. The molecule has 2 aromatic rings. The minimum absolute atomic E-state index is 0.0995. The standard InChI is InChI=1S/C24H34N4O3/c1-23(2,3)20-6-4-19(5-7-20)18-28-21(8-12-25-28)26-22(29)27-13-9-24(31-17-14-27)10-15-30-16-11-24/h4-8,12H,9-11,13-18H2,1-3H3,(H,26,29). The van der Waals surface area contributed by atoms with E-state index in [-0.39, 0.29) is 17.0 Å². The van der Waals surface area contributed by atoms with Crippen LogP contribution in [-0.4, -0.2) is 59.2 Å². The Labute approximate surface area is 184 Å². The van der Waals surface area contributed by atoms with Gasteiger partial charge in [-0.05, 0) is 35.8 Å². The molecule has 1 N–H and O–H groups in total. The molecule has 168 valence electrons. The van der Waals surface area contributed by atoms with Crippen LogP contribution in [0.5, 0.6) is 0 Å². The van der Waals surface area contributed by atoms with Crippen molar-refractivity contribution >= 4 is 11.8 Å². The van der Waals surface area contributed by atoms with Gasteiger partial charge in [0.1, 0.15) is 5.82 Å². The Morgan fingerprint density at radius 3 is 2.52 bits per heavy atom. The average Bonchev–Trinajstić information content (AvgIpc) is 3.06. The highest BCUT2D eigenvalue weighted by atomic mass is 16.5. The second kappa shape index (κ2) is 9.01. The molecule has 2 saturated heterocycles. The summed E-state index contributed by atoms with van der Waals surface area (Å²) >= 11 is 0. The van der Waals surface area contributed by atoms with E-state index in [4.69, 9.17) is 9.47 Å². The summed E-state index contributed by atoms with van der Waals surface area (Å²) in [6.45, 7) is 10.6. The molecular formula is C24H34N4O3. The van der Waals surface area contributed by atoms with Crippen molar-refractivity contribution in [3.63, 3.8) is 0 Å². The van der Waals surface area contributed by atoms with Crippen molar-refractivity contribution in [2.45, 2.75) is 57.6 Å². The van der Waals surface area contributed by atoms with Gasteiger partial charge in [0.05, 0.1) is 24.9 Å². The average molecular weight is 427 g/mol. The molecule has 0 saturated carbocycles. The summed E-state index contributed by atoms with van der Waals surface area (Å²) in [5, 5.41) is 7.45. The Balaban J connectivity index is 1.37. The fourth-order valence-corrected chi connectivity index (χ4v) is 4.27. The lowest BCUT2D eigenvalue weighted by atomic mass is 9.87. The van der Waals surface area contributed by atoms with E-state index in [1.54, 1.807) is 6.20 Å². The van der Waals surface area contributed by atoms with Crippen LogP contribution in [0.1, 0.15) is 51.2 Å². The number of benzene rings is 1. The largest absolute Gasteiger partial charge is 0.381 e. The Morgan fingerprint density at radius 1 is 1.06 bits per heavy atom. The zero-order valence-electron chi connectivity index (χ0n) is 18.9. The van der Waals surface area contributed by atoms with Gasteiger partial charge in [-0.15, -0.1) is 0 Å². The van der Waals surface area contributed by atoms with Gasteiger partial charge in [-0.3, -0.25) is 5.32 Å². The van der Waals surface area contributed by atoms with E-state index >= 15 is 0 Å². The molecule has 1 spiro atoms. The Kier molecular flexibility index (Phi) is 6.34. The molecule has 0 bridgehead atoms. The van der Waals surface area contributed by atoms with Crippen molar-refractivity contribution in [1.29, 1.82) is 0 Å². The van der Waals surface area contributed by atoms with E-state index in [0.29, 0.717) is 32.1 Å². The second-order valence-electron chi connectivity index (χ2n) is 9.63. The van der Waals surface area contributed by atoms with Crippen LogP contribution in [0.4, 0.5) is 10.6 Å². The molecule has 3 heterocycles. The van der Waals surface area contributed by atoms with E-state index in [2.05, 4.69) is 55.5 Å². The number of anilines is 1. The highest BCUT2D eigenvalue weighted by Gasteiger charge is 2.36. The third-order valence-corrected chi connectivity index (χ3v) is 6.40. The van der Waals surface area contributed by atoms with Crippen molar-refractivity contribution < 1.29 is 14.3 Å². The number of rotatable bonds is 3. The number of hydrogen-bond donors (Lipinski definition) is 1. The molecule has 31 heavy (non-hydrogen) atoms. The van der Waals surface area contributed by atoms with Gasteiger partial charge in [-0.25, -0.2) is 9.48 Å². The molecule has 0 unspecified atom stereocenters. The number of carbonyl (C=O) groups is 1.